The van der Waals surface area contributed by atoms with Gasteiger partial charge in [0.25, 0.3) is 5.78 Å². The molecule has 0 spiro atoms. The van der Waals surface area contributed by atoms with Crippen molar-refractivity contribution in [3.05, 3.63) is 22.2 Å². The van der Waals surface area contributed by atoms with E-state index >= 15 is 0 Å². The van der Waals surface area contributed by atoms with Gasteiger partial charge in [-0.3, -0.25) is 4.79 Å². The fourth-order valence-corrected chi connectivity index (χ4v) is 2.05. The van der Waals surface area contributed by atoms with Crippen molar-refractivity contribution in [3.63, 3.8) is 0 Å². The first-order valence-electron chi connectivity index (χ1n) is 5.18. The van der Waals surface area contributed by atoms with E-state index in [0.29, 0.717) is 10.2 Å². The molecule has 0 bridgehead atoms. The first-order valence-corrected chi connectivity index (χ1v) is 5.98. The average Bonchev–Trinajstić information content (AvgIpc) is 2.37. The monoisotopic (exact) mass is 316 g/mol. The third kappa shape index (κ3) is 2.81. The molecule has 0 heterocycles. The minimum Gasteiger partial charge on any atom is -0.495 e. The maximum absolute atomic E-state index is 11.8. The van der Waals surface area contributed by atoms with Gasteiger partial charge in [0, 0.05) is 0 Å². The van der Waals surface area contributed by atoms with Crippen molar-refractivity contribution >= 4 is 27.7 Å². The molecule has 0 aliphatic carbocycles. The molecule has 0 radical (unpaired) electrons. The van der Waals surface area contributed by atoms with E-state index in [1.807, 2.05) is 0 Å². The molecule has 6 heteroatoms. The maximum atomic E-state index is 11.8. The number of halogens is 1. The minimum absolute atomic E-state index is 0.128. The summed E-state index contributed by atoms with van der Waals surface area (Å²) in [6, 6.07) is 3.03. The van der Waals surface area contributed by atoms with E-state index < -0.39 is 11.8 Å². The lowest BCUT2D eigenvalue weighted by Crippen LogP contribution is -2.18. The molecule has 0 unspecified atom stereocenters. The van der Waals surface area contributed by atoms with Gasteiger partial charge in [-0.15, -0.1) is 0 Å². The van der Waals surface area contributed by atoms with Crippen LogP contribution in [0.4, 0.5) is 0 Å². The molecule has 1 aromatic carbocycles. The molecule has 0 atom stereocenters. The zero-order chi connectivity index (χ0) is 13.7. The van der Waals surface area contributed by atoms with Crippen LogP contribution in [-0.2, 0) is 9.53 Å². The molecule has 0 N–H and O–H groups in total. The topological polar surface area (TPSA) is 61.8 Å². The number of rotatable bonds is 5. The van der Waals surface area contributed by atoms with Gasteiger partial charge < -0.3 is 14.2 Å². The molecular weight excluding hydrogens is 304 g/mol. The second-order valence-corrected chi connectivity index (χ2v) is 4.01. The molecule has 0 saturated heterocycles. The number of esters is 1. The predicted molar refractivity (Wildman–Crippen MR) is 68.2 cm³/mol. The van der Waals surface area contributed by atoms with Crippen LogP contribution < -0.4 is 9.47 Å². The Morgan fingerprint density at radius 2 is 1.89 bits per heavy atom. The van der Waals surface area contributed by atoms with Crippen LogP contribution in [0.1, 0.15) is 17.3 Å². The lowest BCUT2D eigenvalue weighted by atomic mass is 10.1. The van der Waals surface area contributed by atoms with Crippen molar-refractivity contribution in [1.29, 1.82) is 0 Å². The summed E-state index contributed by atoms with van der Waals surface area (Å²) >= 11 is 3.25. The number of carbonyl (C=O) groups is 2. The smallest absolute Gasteiger partial charge is 0.379 e. The SMILES string of the molecule is CCOC(=O)C(=O)c1ccc(OC)c(Br)c1OC. The lowest BCUT2D eigenvalue weighted by Gasteiger charge is -2.12. The molecule has 0 amide bonds. The van der Waals surface area contributed by atoms with Crippen LogP contribution in [0.15, 0.2) is 16.6 Å². The standard InChI is InChI=1S/C12H13BrO5/c1-4-18-12(15)10(14)7-5-6-8(16-2)9(13)11(7)17-3/h5-6H,4H2,1-3H3. The van der Waals surface area contributed by atoms with E-state index in [-0.39, 0.29) is 17.9 Å². The zero-order valence-electron chi connectivity index (χ0n) is 10.3. The van der Waals surface area contributed by atoms with Crippen LogP contribution in [0, 0.1) is 0 Å². The van der Waals surface area contributed by atoms with Gasteiger partial charge in [0.2, 0.25) is 0 Å². The highest BCUT2D eigenvalue weighted by Crippen LogP contribution is 2.37. The lowest BCUT2D eigenvalue weighted by molar-refractivity contribution is -0.137. The van der Waals surface area contributed by atoms with Gasteiger partial charge >= 0.3 is 5.97 Å². The van der Waals surface area contributed by atoms with E-state index in [4.69, 9.17) is 9.47 Å². The van der Waals surface area contributed by atoms with E-state index in [0.717, 1.165) is 0 Å². The van der Waals surface area contributed by atoms with Gasteiger partial charge in [-0.05, 0) is 35.0 Å². The highest BCUT2D eigenvalue weighted by atomic mass is 79.9. The summed E-state index contributed by atoms with van der Waals surface area (Å²) < 4.78 is 15.3. The Labute approximate surface area is 113 Å². The van der Waals surface area contributed by atoms with Crippen molar-refractivity contribution in [1.82, 2.24) is 0 Å². The Hall–Kier alpha value is -1.56. The van der Waals surface area contributed by atoms with E-state index in [1.165, 1.54) is 20.3 Å². The Bertz CT molecular complexity index is 470. The largest absolute Gasteiger partial charge is 0.495 e. The van der Waals surface area contributed by atoms with Crippen LogP contribution >= 0.6 is 15.9 Å². The third-order valence-electron chi connectivity index (χ3n) is 2.19. The van der Waals surface area contributed by atoms with Gasteiger partial charge in [-0.2, -0.15) is 0 Å². The molecule has 0 aromatic heterocycles. The second-order valence-electron chi connectivity index (χ2n) is 3.21. The molecular formula is C12H13BrO5. The quantitative estimate of drug-likeness (QED) is 0.473. The number of carbonyl (C=O) groups excluding carboxylic acids is 2. The van der Waals surface area contributed by atoms with Crippen LogP contribution in [0.25, 0.3) is 0 Å². The van der Waals surface area contributed by atoms with Crippen molar-refractivity contribution in [2.45, 2.75) is 6.92 Å². The van der Waals surface area contributed by atoms with Gasteiger partial charge in [0.05, 0.1) is 26.4 Å². The van der Waals surface area contributed by atoms with Gasteiger partial charge in [-0.1, -0.05) is 0 Å². The summed E-state index contributed by atoms with van der Waals surface area (Å²) in [5.41, 5.74) is 0.128. The Balaban J connectivity index is 3.21. The fraction of sp³-hybridized carbons (Fsp3) is 0.333. The number of methoxy groups -OCH3 is 2. The zero-order valence-corrected chi connectivity index (χ0v) is 11.9. The number of ether oxygens (including phenoxy) is 3. The minimum atomic E-state index is -0.909. The Morgan fingerprint density at radius 1 is 1.22 bits per heavy atom. The van der Waals surface area contributed by atoms with Crippen molar-refractivity contribution < 1.29 is 23.8 Å². The van der Waals surface area contributed by atoms with Crippen LogP contribution in [-0.4, -0.2) is 32.6 Å². The molecule has 98 valence electrons. The summed E-state index contributed by atoms with van der Waals surface area (Å²) in [6.45, 7) is 1.77. The van der Waals surface area contributed by atoms with Crippen LogP contribution in [0.2, 0.25) is 0 Å². The molecule has 18 heavy (non-hydrogen) atoms. The first-order chi connectivity index (χ1) is 8.56. The molecule has 5 nitrogen and oxygen atoms in total. The predicted octanol–water partition coefficient (Wildman–Crippen LogP) is 2.21. The number of hydrogen-bond donors (Lipinski definition) is 0. The van der Waals surface area contributed by atoms with E-state index in [2.05, 4.69) is 20.7 Å². The summed E-state index contributed by atoms with van der Waals surface area (Å²) in [5, 5.41) is 0. The van der Waals surface area contributed by atoms with Gasteiger partial charge in [-0.25, -0.2) is 4.79 Å². The summed E-state index contributed by atoms with van der Waals surface area (Å²) in [7, 11) is 2.90. The van der Waals surface area contributed by atoms with Crippen molar-refractivity contribution in [2.24, 2.45) is 0 Å². The second kappa shape index (κ2) is 6.39. The fourth-order valence-electron chi connectivity index (χ4n) is 1.38. The third-order valence-corrected chi connectivity index (χ3v) is 2.94. The van der Waals surface area contributed by atoms with Crippen molar-refractivity contribution in [2.75, 3.05) is 20.8 Å². The molecule has 1 aromatic rings. The normalized spacial score (nSPS) is 9.78. The van der Waals surface area contributed by atoms with E-state index in [1.54, 1.807) is 13.0 Å². The average molecular weight is 317 g/mol. The Morgan fingerprint density at radius 3 is 2.39 bits per heavy atom. The van der Waals surface area contributed by atoms with Gasteiger partial charge in [0.15, 0.2) is 0 Å². The molecule has 0 fully saturated rings. The highest BCUT2D eigenvalue weighted by Gasteiger charge is 2.24. The van der Waals surface area contributed by atoms with Crippen LogP contribution in [0.3, 0.4) is 0 Å². The number of benzene rings is 1. The van der Waals surface area contributed by atoms with Crippen LogP contribution in [0.5, 0.6) is 11.5 Å². The number of ketones is 1. The molecule has 1 rings (SSSR count). The summed E-state index contributed by atoms with van der Waals surface area (Å²) in [5.74, 6) is -0.912. The number of hydrogen-bond acceptors (Lipinski definition) is 5. The van der Waals surface area contributed by atoms with Crippen molar-refractivity contribution in [3.8, 4) is 11.5 Å². The van der Waals surface area contributed by atoms with E-state index in [9.17, 15) is 9.59 Å². The summed E-state index contributed by atoms with van der Waals surface area (Å²) in [4.78, 5) is 23.3. The maximum Gasteiger partial charge on any atom is 0.379 e. The Kier molecular flexibility index (Phi) is 5.15. The molecule has 0 aliphatic rings. The first kappa shape index (κ1) is 14.5. The summed E-state index contributed by atoms with van der Waals surface area (Å²) in [6.07, 6.45) is 0. The number of Topliss-reactive ketones (excluding diaryl/α,β-unsaturated/α-hetero) is 1. The molecule has 0 saturated carbocycles. The highest BCUT2D eigenvalue weighted by molar-refractivity contribution is 9.10. The van der Waals surface area contributed by atoms with Gasteiger partial charge in [0.1, 0.15) is 16.0 Å². The molecule has 0 aliphatic heterocycles.